The maximum Gasteiger partial charge on any atom is 0.140 e. The summed E-state index contributed by atoms with van der Waals surface area (Å²) in [6.45, 7) is 1.99. The van der Waals surface area contributed by atoms with Crippen molar-refractivity contribution < 1.29 is 4.74 Å². The van der Waals surface area contributed by atoms with Crippen LogP contribution < -0.4 is 10.1 Å². The highest BCUT2D eigenvalue weighted by Gasteiger charge is 1.98. The van der Waals surface area contributed by atoms with Crippen molar-refractivity contribution in [2.75, 3.05) is 19.5 Å². The molecule has 0 saturated heterocycles. The van der Waals surface area contributed by atoms with Crippen LogP contribution in [0.25, 0.3) is 0 Å². The number of aromatic nitrogens is 1. The summed E-state index contributed by atoms with van der Waals surface area (Å²) in [6, 6.07) is 1.94. The van der Waals surface area contributed by atoms with Crippen molar-refractivity contribution in [1.82, 2.24) is 4.98 Å². The van der Waals surface area contributed by atoms with Crippen molar-refractivity contribution in [3.05, 3.63) is 17.8 Å². The molecule has 0 saturated carbocycles. The summed E-state index contributed by atoms with van der Waals surface area (Å²) in [6.07, 6.45) is 1.71. The fourth-order valence-corrected chi connectivity index (χ4v) is 0.894. The Morgan fingerprint density at radius 3 is 2.73 bits per heavy atom. The lowest BCUT2D eigenvalue weighted by molar-refractivity contribution is 0.410. The van der Waals surface area contributed by atoms with E-state index in [-0.39, 0.29) is 0 Å². The van der Waals surface area contributed by atoms with Gasteiger partial charge >= 0.3 is 0 Å². The second-order valence-corrected chi connectivity index (χ2v) is 2.29. The van der Waals surface area contributed by atoms with Gasteiger partial charge in [-0.1, -0.05) is 0 Å². The first-order valence-corrected chi connectivity index (χ1v) is 3.46. The minimum Gasteiger partial charge on any atom is -0.495 e. The molecular formula is C8H12N2O. The molecule has 0 bridgehead atoms. The SMILES string of the molecule is CNc1cc(C)c(OC)cn1. The molecule has 0 aromatic carbocycles. The molecule has 0 aliphatic rings. The molecule has 0 radical (unpaired) electrons. The number of pyridine rings is 1. The van der Waals surface area contributed by atoms with Crippen molar-refractivity contribution >= 4 is 5.82 Å². The molecule has 11 heavy (non-hydrogen) atoms. The van der Waals surface area contributed by atoms with Gasteiger partial charge in [0.15, 0.2) is 0 Å². The predicted molar refractivity (Wildman–Crippen MR) is 45.1 cm³/mol. The Morgan fingerprint density at radius 1 is 1.55 bits per heavy atom. The molecule has 0 unspecified atom stereocenters. The molecular weight excluding hydrogens is 140 g/mol. The van der Waals surface area contributed by atoms with Gasteiger partial charge in [-0.05, 0) is 18.6 Å². The summed E-state index contributed by atoms with van der Waals surface area (Å²) >= 11 is 0. The van der Waals surface area contributed by atoms with E-state index in [2.05, 4.69) is 10.3 Å². The van der Waals surface area contributed by atoms with Gasteiger partial charge < -0.3 is 10.1 Å². The van der Waals surface area contributed by atoms with Crippen LogP contribution in [0.2, 0.25) is 0 Å². The number of nitrogens with one attached hydrogen (secondary N) is 1. The Balaban J connectivity index is 2.99. The Labute approximate surface area is 66.4 Å². The number of aryl methyl sites for hydroxylation is 1. The molecule has 0 aliphatic heterocycles. The Kier molecular flexibility index (Phi) is 2.31. The van der Waals surface area contributed by atoms with Crippen LogP contribution in [0, 0.1) is 6.92 Å². The van der Waals surface area contributed by atoms with Gasteiger partial charge in [-0.25, -0.2) is 4.98 Å². The maximum absolute atomic E-state index is 5.05. The molecule has 0 aliphatic carbocycles. The van der Waals surface area contributed by atoms with Crippen LogP contribution in [-0.4, -0.2) is 19.1 Å². The van der Waals surface area contributed by atoms with E-state index in [9.17, 15) is 0 Å². The Bertz CT molecular complexity index is 248. The predicted octanol–water partition coefficient (Wildman–Crippen LogP) is 1.44. The highest BCUT2D eigenvalue weighted by molar-refractivity contribution is 5.42. The van der Waals surface area contributed by atoms with Gasteiger partial charge in [-0.15, -0.1) is 0 Å². The first-order chi connectivity index (χ1) is 5.27. The average molecular weight is 152 g/mol. The van der Waals surface area contributed by atoms with E-state index in [0.29, 0.717) is 0 Å². The normalized spacial score (nSPS) is 9.36. The van der Waals surface area contributed by atoms with Crippen LogP contribution in [-0.2, 0) is 0 Å². The highest BCUT2D eigenvalue weighted by Crippen LogP contribution is 2.17. The zero-order valence-corrected chi connectivity index (χ0v) is 7.01. The average Bonchev–Trinajstić information content (AvgIpc) is 2.04. The van der Waals surface area contributed by atoms with E-state index in [1.54, 1.807) is 13.3 Å². The minimum absolute atomic E-state index is 0.823. The van der Waals surface area contributed by atoms with E-state index in [0.717, 1.165) is 17.1 Å². The highest BCUT2D eigenvalue weighted by atomic mass is 16.5. The van der Waals surface area contributed by atoms with Crippen LogP contribution in [0.4, 0.5) is 5.82 Å². The molecule has 1 heterocycles. The molecule has 0 atom stereocenters. The molecule has 1 aromatic rings. The largest absolute Gasteiger partial charge is 0.495 e. The molecule has 0 amide bonds. The quantitative estimate of drug-likeness (QED) is 0.696. The molecule has 1 aromatic heterocycles. The molecule has 3 nitrogen and oxygen atoms in total. The van der Waals surface area contributed by atoms with Crippen molar-refractivity contribution in [2.24, 2.45) is 0 Å². The van der Waals surface area contributed by atoms with Gasteiger partial charge in [0.1, 0.15) is 11.6 Å². The lowest BCUT2D eigenvalue weighted by atomic mass is 10.3. The fraction of sp³-hybridized carbons (Fsp3) is 0.375. The number of ether oxygens (including phenoxy) is 1. The zero-order valence-electron chi connectivity index (χ0n) is 7.01. The second kappa shape index (κ2) is 3.23. The van der Waals surface area contributed by atoms with Crippen LogP contribution in [0.1, 0.15) is 5.56 Å². The topological polar surface area (TPSA) is 34.1 Å². The van der Waals surface area contributed by atoms with Crippen LogP contribution >= 0.6 is 0 Å². The maximum atomic E-state index is 5.05. The summed E-state index contributed by atoms with van der Waals surface area (Å²) in [7, 11) is 3.48. The van der Waals surface area contributed by atoms with Gasteiger partial charge in [0.2, 0.25) is 0 Å². The van der Waals surface area contributed by atoms with Crippen molar-refractivity contribution in [3.63, 3.8) is 0 Å². The van der Waals surface area contributed by atoms with E-state index < -0.39 is 0 Å². The fourth-order valence-electron chi connectivity index (χ4n) is 0.894. The van der Waals surface area contributed by atoms with Crippen LogP contribution in [0.15, 0.2) is 12.3 Å². The number of methoxy groups -OCH3 is 1. The molecule has 0 spiro atoms. The van der Waals surface area contributed by atoms with Crippen LogP contribution in [0.3, 0.4) is 0 Å². The summed E-state index contributed by atoms with van der Waals surface area (Å²) in [5.74, 6) is 1.69. The minimum atomic E-state index is 0.823. The number of hydrogen-bond acceptors (Lipinski definition) is 3. The van der Waals surface area contributed by atoms with Gasteiger partial charge in [0.05, 0.1) is 13.3 Å². The number of hydrogen-bond donors (Lipinski definition) is 1. The number of nitrogens with zero attached hydrogens (tertiary/aromatic N) is 1. The molecule has 3 heteroatoms. The zero-order chi connectivity index (χ0) is 8.27. The summed E-state index contributed by atoms with van der Waals surface area (Å²) < 4.78 is 5.05. The van der Waals surface area contributed by atoms with Crippen molar-refractivity contribution in [3.8, 4) is 5.75 Å². The van der Waals surface area contributed by atoms with Gasteiger partial charge in [-0.2, -0.15) is 0 Å². The number of anilines is 1. The summed E-state index contributed by atoms with van der Waals surface area (Å²) in [4.78, 5) is 4.09. The van der Waals surface area contributed by atoms with E-state index in [1.165, 1.54) is 0 Å². The third-order valence-corrected chi connectivity index (χ3v) is 1.54. The van der Waals surface area contributed by atoms with E-state index in [1.807, 2.05) is 20.0 Å². The third kappa shape index (κ3) is 1.61. The lowest BCUT2D eigenvalue weighted by Gasteiger charge is -2.04. The van der Waals surface area contributed by atoms with Crippen LogP contribution in [0.5, 0.6) is 5.75 Å². The van der Waals surface area contributed by atoms with E-state index >= 15 is 0 Å². The first-order valence-electron chi connectivity index (χ1n) is 3.46. The first kappa shape index (κ1) is 7.85. The molecule has 1 N–H and O–H groups in total. The number of rotatable bonds is 2. The second-order valence-electron chi connectivity index (χ2n) is 2.29. The van der Waals surface area contributed by atoms with Crippen molar-refractivity contribution in [2.45, 2.75) is 6.92 Å². The third-order valence-electron chi connectivity index (χ3n) is 1.54. The van der Waals surface area contributed by atoms with Gasteiger partial charge in [0.25, 0.3) is 0 Å². The van der Waals surface area contributed by atoms with Gasteiger partial charge in [0, 0.05) is 7.05 Å². The summed E-state index contributed by atoms with van der Waals surface area (Å²) in [5.41, 5.74) is 1.09. The monoisotopic (exact) mass is 152 g/mol. The van der Waals surface area contributed by atoms with Gasteiger partial charge in [-0.3, -0.25) is 0 Å². The van der Waals surface area contributed by atoms with E-state index in [4.69, 9.17) is 4.74 Å². The summed E-state index contributed by atoms with van der Waals surface area (Å²) in [5, 5.41) is 2.95. The standard InChI is InChI=1S/C8H12N2O/c1-6-4-8(9-2)10-5-7(6)11-3/h4-5H,1-3H3,(H,9,10). The molecule has 1 rings (SSSR count). The molecule has 0 fully saturated rings. The Morgan fingerprint density at radius 2 is 2.27 bits per heavy atom. The lowest BCUT2D eigenvalue weighted by Crippen LogP contribution is -1.94. The Hall–Kier alpha value is -1.25. The smallest absolute Gasteiger partial charge is 0.140 e. The van der Waals surface area contributed by atoms with Crippen molar-refractivity contribution in [1.29, 1.82) is 0 Å². The molecule has 60 valence electrons.